The number of anilines is 1. The minimum absolute atomic E-state index is 0.0457. The molecule has 0 saturated carbocycles. The summed E-state index contributed by atoms with van der Waals surface area (Å²) < 4.78 is 1.53. The molecule has 3 nitrogen and oxygen atoms in total. The quantitative estimate of drug-likeness (QED) is 0.768. The molecule has 0 aliphatic heterocycles. The summed E-state index contributed by atoms with van der Waals surface area (Å²) in [5, 5.41) is 1.50. The van der Waals surface area contributed by atoms with E-state index in [1.54, 1.807) is 19.3 Å². The minimum atomic E-state index is -0.0457. The Morgan fingerprint density at radius 3 is 2.41 bits per heavy atom. The highest BCUT2D eigenvalue weighted by atomic mass is 16.1. The molecule has 1 aromatic heterocycles. The fourth-order valence-electron chi connectivity index (χ4n) is 1.41. The molecule has 0 fully saturated rings. The summed E-state index contributed by atoms with van der Waals surface area (Å²) in [6, 6.07) is 7.35. The minimum Gasteiger partial charge on any atom is -0.398 e. The van der Waals surface area contributed by atoms with Crippen molar-refractivity contribution < 1.29 is 0 Å². The van der Waals surface area contributed by atoms with Crippen LogP contribution in [-0.4, -0.2) is 4.57 Å². The fraction of sp³-hybridized carbons (Fsp3) is 0.357. The largest absolute Gasteiger partial charge is 0.398 e. The number of hydrogen-bond acceptors (Lipinski definition) is 2. The number of aromatic nitrogens is 1. The average molecular weight is 232 g/mol. The summed E-state index contributed by atoms with van der Waals surface area (Å²) in [7, 11) is 1.72. The van der Waals surface area contributed by atoms with Gasteiger partial charge in [-0.1, -0.05) is 38.8 Å². The monoisotopic (exact) mass is 232 g/mol. The molecule has 3 heteroatoms. The molecule has 0 radical (unpaired) electrons. The first kappa shape index (κ1) is 13.3. The number of benzene rings is 1. The number of rotatable bonds is 1. The zero-order valence-corrected chi connectivity index (χ0v) is 10.7. The molecule has 17 heavy (non-hydrogen) atoms. The van der Waals surface area contributed by atoms with Crippen LogP contribution in [0.2, 0.25) is 0 Å². The van der Waals surface area contributed by atoms with Crippen LogP contribution in [0.15, 0.2) is 35.3 Å². The van der Waals surface area contributed by atoms with Crippen molar-refractivity contribution in [1.29, 1.82) is 0 Å². The summed E-state index contributed by atoms with van der Waals surface area (Å²) in [4.78, 5) is 11.6. The molecule has 0 unspecified atom stereocenters. The lowest BCUT2D eigenvalue weighted by atomic mass is 10.1. The molecule has 0 atom stereocenters. The molecular weight excluding hydrogens is 212 g/mol. The molecular formula is C14H20N2O. The number of pyridine rings is 1. The summed E-state index contributed by atoms with van der Waals surface area (Å²) in [6.45, 7) is 4.36. The standard InChI is InChI=1S/C10H10N2O.C4H10/c1-12-6-5-7-3-2-4-8(11)9(7)10(12)13;1-3-4-2/h2-6H,11H2,1H3;3-4H2,1-2H3. The SMILES string of the molecule is CCCC.Cn1ccc2cccc(N)c2c1=O. The third-order valence-electron chi connectivity index (χ3n) is 2.64. The lowest BCUT2D eigenvalue weighted by Crippen LogP contribution is -2.16. The second-order valence-corrected chi connectivity index (χ2v) is 4.04. The van der Waals surface area contributed by atoms with Crippen LogP contribution in [0.1, 0.15) is 26.7 Å². The van der Waals surface area contributed by atoms with Crippen LogP contribution in [-0.2, 0) is 7.05 Å². The van der Waals surface area contributed by atoms with Crippen LogP contribution < -0.4 is 11.3 Å². The van der Waals surface area contributed by atoms with Gasteiger partial charge in [0.15, 0.2) is 0 Å². The third-order valence-corrected chi connectivity index (χ3v) is 2.64. The van der Waals surface area contributed by atoms with E-state index in [1.165, 1.54) is 17.4 Å². The molecule has 2 N–H and O–H groups in total. The Labute approximate surface area is 102 Å². The normalized spacial score (nSPS) is 9.82. The molecule has 2 aromatic rings. The van der Waals surface area contributed by atoms with Gasteiger partial charge in [-0.3, -0.25) is 4.79 Å². The molecule has 0 bridgehead atoms. The van der Waals surface area contributed by atoms with Crippen LogP contribution >= 0.6 is 0 Å². The number of hydrogen-bond donors (Lipinski definition) is 1. The van der Waals surface area contributed by atoms with Crippen molar-refractivity contribution in [3.05, 3.63) is 40.8 Å². The van der Waals surface area contributed by atoms with E-state index in [1.807, 2.05) is 18.2 Å². The van der Waals surface area contributed by atoms with Gasteiger partial charge in [0.25, 0.3) is 5.56 Å². The van der Waals surface area contributed by atoms with Crippen molar-refractivity contribution in [3.8, 4) is 0 Å². The molecule has 92 valence electrons. The van der Waals surface area contributed by atoms with E-state index < -0.39 is 0 Å². The smallest absolute Gasteiger partial charge is 0.260 e. The van der Waals surface area contributed by atoms with E-state index in [0.29, 0.717) is 11.1 Å². The van der Waals surface area contributed by atoms with Crippen LogP contribution in [0.25, 0.3) is 10.8 Å². The number of fused-ring (bicyclic) bond motifs is 1. The highest BCUT2D eigenvalue weighted by Crippen LogP contribution is 2.15. The lowest BCUT2D eigenvalue weighted by Gasteiger charge is -2.02. The summed E-state index contributed by atoms with van der Waals surface area (Å²) >= 11 is 0. The van der Waals surface area contributed by atoms with Gasteiger partial charge in [-0.25, -0.2) is 0 Å². The molecule has 0 spiro atoms. The van der Waals surface area contributed by atoms with Gasteiger partial charge in [0.2, 0.25) is 0 Å². The summed E-state index contributed by atoms with van der Waals surface area (Å²) in [5.74, 6) is 0. The van der Waals surface area contributed by atoms with Gasteiger partial charge in [0.05, 0.1) is 5.39 Å². The van der Waals surface area contributed by atoms with Crippen molar-refractivity contribution in [1.82, 2.24) is 4.57 Å². The Bertz CT molecular complexity index is 541. The predicted molar refractivity (Wildman–Crippen MR) is 74.2 cm³/mol. The molecule has 1 aromatic carbocycles. The van der Waals surface area contributed by atoms with Crippen molar-refractivity contribution in [2.75, 3.05) is 5.73 Å². The zero-order valence-electron chi connectivity index (χ0n) is 10.7. The predicted octanol–water partition coefficient (Wildman–Crippen LogP) is 2.93. The maximum absolute atomic E-state index is 11.6. The van der Waals surface area contributed by atoms with Crippen LogP contribution in [0.4, 0.5) is 5.69 Å². The first-order chi connectivity index (χ1) is 8.11. The fourth-order valence-corrected chi connectivity index (χ4v) is 1.41. The van der Waals surface area contributed by atoms with Gasteiger partial charge in [-0.2, -0.15) is 0 Å². The molecule has 0 saturated heterocycles. The van der Waals surface area contributed by atoms with Gasteiger partial charge < -0.3 is 10.3 Å². The highest BCUT2D eigenvalue weighted by molar-refractivity contribution is 5.91. The Kier molecular flexibility index (Phi) is 4.76. The summed E-state index contributed by atoms with van der Waals surface area (Å²) in [6.07, 6.45) is 4.38. The first-order valence-electron chi connectivity index (χ1n) is 5.95. The number of unbranched alkanes of at least 4 members (excludes halogenated alkanes) is 1. The number of nitrogen functional groups attached to an aromatic ring is 1. The molecule has 0 aliphatic carbocycles. The van der Waals surface area contributed by atoms with Gasteiger partial charge in [-0.05, 0) is 17.5 Å². The molecule has 0 amide bonds. The number of nitrogens with two attached hydrogens (primary N) is 1. The topological polar surface area (TPSA) is 48.0 Å². The first-order valence-corrected chi connectivity index (χ1v) is 5.95. The van der Waals surface area contributed by atoms with Gasteiger partial charge >= 0.3 is 0 Å². The van der Waals surface area contributed by atoms with Crippen molar-refractivity contribution in [2.45, 2.75) is 26.7 Å². The van der Waals surface area contributed by atoms with Crippen molar-refractivity contribution in [2.24, 2.45) is 7.05 Å². The van der Waals surface area contributed by atoms with Gasteiger partial charge in [0, 0.05) is 18.9 Å². The van der Waals surface area contributed by atoms with Crippen molar-refractivity contribution in [3.63, 3.8) is 0 Å². The van der Waals surface area contributed by atoms with E-state index in [0.717, 1.165) is 5.39 Å². The second-order valence-electron chi connectivity index (χ2n) is 4.04. The van der Waals surface area contributed by atoms with E-state index >= 15 is 0 Å². The van der Waals surface area contributed by atoms with Gasteiger partial charge in [-0.15, -0.1) is 0 Å². The second kappa shape index (κ2) is 6.09. The van der Waals surface area contributed by atoms with E-state index in [-0.39, 0.29) is 5.56 Å². The maximum atomic E-state index is 11.6. The third kappa shape index (κ3) is 3.09. The average Bonchev–Trinajstić information content (AvgIpc) is 2.34. The molecule has 1 heterocycles. The van der Waals surface area contributed by atoms with E-state index in [4.69, 9.17) is 5.73 Å². The molecule has 2 rings (SSSR count). The van der Waals surface area contributed by atoms with Crippen molar-refractivity contribution >= 4 is 16.5 Å². The Morgan fingerprint density at radius 1 is 1.18 bits per heavy atom. The number of nitrogens with zero attached hydrogens (tertiary/aromatic N) is 1. The van der Waals surface area contributed by atoms with E-state index in [9.17, 15) is 4.79 Å². The van der Waals surface area contributed by atoms with E-state index in [2.05, 4.69) is 13.8 Å². The van der Waals surface area contributed by atoms with Crippen LogP contribution in [0.5, 0.6) is 0 Å². The Hall–Kier alpha value is -1.77. The Balaban J connectivity index is 0.000000317. The van der Waals surface area contributed by atoms with Gasteiger partial charge in [0.1, 0.15) is 0 Å². The number of aryl methyl sites for hydroxylation is 1. The Morgan fingerprint density at radius 2 is 1.82 bits per heavy atom. The lowest BCUT2D eigenvalue weighted by molar-refractivity contribution is 0.873. The van der Waals surface area contributed by atoms with Crippen LogP contribution in [0.3, 0.4) is 0 Å². The highest BCUT2D eigenvalue weighted by Gasteiger charge is 2.02. The summed E-state index contributed by atoms with van der Waals surface area (Å²) in [5.41, 5.74) is 6.21. The zero-order chi connectivity index (χ0) is 12.8. The maximum Gasteiger partial charge on any atom is 0.260 e. The molecule has 0 aliphatic rings. The van der Waals surface area contributed by atoms with Crippen LogP contribution in [0, 0.1) is 0 Å².